The Hall–Kier alpha value is -1.51. The molecule has 110 valence electrons. The molecule has 0 radical (unpaired) electrons. The Balaban J connectivity index is 2.21. The Morgan fingerprint density at radius 3 is 2.55 bits per heavy atom. The zero-order chi connectivity index (χ0) is 14.8. The topological polar surface area (TPSA) is 40.5 Å². The summed E-state index contributed by atoms with van der Waals surface area (Å²) >= 11 is 0. The van der Waals surface area contributed by atoms with Gasteiger partial charge in [0.05, 0.1) is 0 Å². The molecule has 20 heavy (non-hydrogen) atoms. The minimum atomic E-state index is -0.758. The molecule has 2 unspecified atom stereocenters. The first-order valence-electron chi connectivity index (χ1n) is 7.42. The first-order chi connectivity index (χ1) is 9.39. The number of hydrogen-bond donors (Lipinski definition) is 1. The molecule has 1 N–H and O–H groups in total. The highest BCUT2D eigenvalue weighted by Gasteiger charge is 2.36. The van der Waals surface area contributed by atoms with Gasteiger partial charge in [-0.3, -0.25) is 4.79 Å². The zero-order valence-electron chi connectivity index (χ0n) is 12.7. The molecule has 2 rings (SSSR count). The average molecular weight is 275 g/mol. The molecular formula is C17H25NO2. The average Bonchev–Trinajstić information content (AvgIpc) is 2.36. The molecule has 0 bridgehead atoms. The number of carboxylic acids is 1. The molecule has 3 heteroatoms. The summed E-state index contributed by atoms with van der Waals surface area (Å²) in [6.07, 6.45) is 3.38. The second-order valence-corrected chi connectivity index (χ2v) is 6.81. The summed E-state index contributed by atoms with van der Waals surface area (Å²) in [4.78, 5) is 13.3. The molecule has 0 spiro atoms. The molecule has 1 aliphatic rings. The standard InChI is InChI=1S/C17H25NO2/c1-13-11-17(2,3)10-9-15(13)18(12-16(19)20)14-7-5-4-6-8-14/h4-8,13,15H,9-12H2,1-3H3,(H,19,20). The fraction of sp³-hybridized carbons (Fsp3) is 0.588. The lowest BCUT2D eigenvalue weighted by Crippen LogP contribution is -2.47. The molecule has 0 aliphatic heterocycles. The number of nitrogens with zero attached hydrogens (tertiary/aromatic N) is 1. The molecule has 1 saturated carbocycles. The van der Waals surface area contributed by atoms with Gasteiger partial charge in [-0.2, -0.15) is 0 Å². The minimum Gasteiger partial charge on any atom is -0.480 e. The minimum absolute atomic E-state index is 0.0828. The summed E-state index contributed by atoms with van der Waals surface area (Å²) in [5.74, 6) is -0.246. The number of para-hydroxylation sites is 1. The van der Waals surface area contributed by atoms with Gasteiger partial charge in [0, 0.05) is 11.7 Å². The summed E-state index contributed by atoms with van der Waals surface area (Å²) in [7, 11) is 0. The normalized spacial score (nSPS) is 25.1. The van der Waals surface area contributed by atoms with Crippen LogP contribution in [0.2, 0.25) is 0 Å². The first-order valence-corrected chi connectivity index (χ1v) is 7.42. The van der Waals surface area contributed by atoms with Crippen LogP contribution in [-0.2, 0) is 4.79 Å². The molecule has 1 aromatic rings. The Morgan fingerprint density at radius 1 is 1.35 bits per heavy atom. The number of carboxylic acid groups (broad SMARTS) is 1. The highest BCUT2D eigenvalue weighted by atomic mass is 16.4. The second-order valence-electron chi connectivity index (χ2n) is 6.81. The van der Waals surface area contributed by atoms with Gasteiger partial charge in [-0.1, -0.05) is 39.0 Å². The number of carbonyl (C=O) groups is 1. The summed E-state index contributed by atoms with van der Waals surface area (Å²) < 4.78 is 0. The van der Waals surface area contributed by atoms with Crippen LogP contribution in [0.25, 0.3) is 0 Å². The maximum absolute atomic E-state index is 11.2. The lowest BCUT2D eigenvalue weighted by Gasteiger charge is -2.45. The molecule has 0 heterocycles. The quantitative estimate of drug-likeness (QED) is 0.908. The van der Waals surface area contributed by atoms with E-state index in [2.05, 4.69) is 25.7 Å². The van der Waals surface area contributed by atoms with E-state index in [4.69, 9.17) is 0 Å². The number of aliphatic carboxylic acids is 1. The van der Waals surface area contributed by atoms with E-state index < -0.39 is 5.97 Å². The van der Waals surface area contributed by atoms with Gasteiger partial charge in [0.1, 0.15) is 6.54 Å². The van der Waals surface area contributed by atoms with Crippen LogP contribution in [0, 0.1) is 11.3 Å². The summed E-state index contributed by atoms with van der Waals surface area (Å²) in [5, 5.41) is 9.22. The van der Waals surface area contributed by atoms with Crippen molar-refractivity contribution in [2.75, 3.05) is 11.4 Å². The number of rotatable bonds is 4. The Labute approximate surface area is 121 Å². The molecule has 1 aliphatic carbocycles. The van der Waals surface area contributed by atoms with Crippen LogP contribution >= 0.6 is 0 Å². The molecule has 0 aromatic heterocycles. The van der Waals surface area contributed by atoms with E-state index in [9.17, 15) is 9.90 Å². The maximum Gasteiger partial charge on any atom is 0.323 e. The van der Waals surface area contributed by atoms with Gasteiger partial charge < -0.3 is 10.0 Å². The lowest BCUT2D eigenvalue weighted by atomic mass is 9.70. The van der Waals surface area contributed by atoms with Gasteiger partial charge in [-0.15, -0.1) is 0 Å². The van der Waals surface area contributed by atoms with Gasteiger partial charge >= 0.3 is 5.97 Å². The van der Waals surface area contributed by atoms with E-state index in [0.717, 1.165) is 24.9 Å². The van der Waals surface area contributed by atoms with Crippen LogP contribution in [0.5, 0.6) is 0 Å². The fourth-order valence-corrected chi connectivity index (χ4v) is 3.56. The highest BCUT2D eigenvalue weighted by Crippen LogP contribution is 2.41. The molecule has 1 aromatic carbocycles. The third-order valence-electron chi connectivity index (χ3n) is 4.44. The number of hydrogen-bond acceptors (Lipinski definition) is 2. The van der Waals surface area contributed by atoms with Crippen molar-refractivity contribution in [3.8, 4) is 0 Å². The van der Waals surface area contributed by atoms with Crippen molar-refractivity contribution in [1.29, 1.82) is 0 Å². The van der Waals surface area contributed by atoms with E-state index in [1.165, 1.54) is 0 Å². The van der Waals surface area contributed by atoms with Gasteiger partial charge in [0.2, 0.25) is 0 Å². The van der Waals surface area contributed by atoms with Crippen molar-refractivity contribution in [3.63, 3.8) is 0 Å². The summed E-state index contributed by atoms with van der Waals surface area (Å²) in [6.45, 7) is 6.95. The predicted molar refractivity (Wildman–Crippen MR) is 82.0 cm³/mol. The lowest BCUT2D eigenvalue weighted by molar-refractivity contribution is -0.135. The highest BCUT2D eigenvalue weighted by molar-refractivity contribution is 5.74. The van der Waals surface area contributed by atoms with Crippen molar-refractivity contribution in [2.24, 2.45) is 11.3 Å². The maximum atomic E-state index is 11.2. The molecule has 0 amide bonds. The molecule has 3 nitrogen and oxygen atoms in total. The van der Waals surface area contributed by atoms with E-state index in [1.807, 2.05) is 30.3 Å². The van der Waals surface area contributed by atoms with Crippen molar-refractivity contribution >= 4 is 11.7 Å². The van der Waals surface area contributed by atoms with Crippen LogP contribution in [0.3, 0.4) is 0 Å². The number of anilines is 1. The Kier molecular flexibility index (Phi) is 4.36. The number of benzene rings is 1. The third kappa shape index (κ3) is 3.53. The van der Waals surface area contributed by atoms with Crippen LogP contribution in [-0.4, -0.2) is 23.7 Å². The van der Waals surface area contributed by atoms with Crippen LogP contribution < -0.4 is 4.90 Å². The Morgan fingerprint density at radius 2 is 2.00 bits per heavy atom. The van der Waals surface area contributed by atoms with Gasteiger partial charge in [0.15, 0.2) is 0 Å². The van der Waals surface area contributed by atoms with E-state index in [0.29, 0.717) is 17.4 Å². The molecule has 2 atom stereocenters. The SMILES string of the molecule is CC1CC(C)(C)CCC1N(CC(=O)O)c1ccccc1. The largest absolute Gasteiger partial charge is 0.480 e. The van der Waals surface area contributed by atoms with Crippen molar-refractivity contribution in [1.82, 2.24) is 0 Å². The molecule has 0 saturated heterocycles. The predicted octanol–water partition coefficient (Wildman–Crippen LogP) is 3.79. The van der Waals surface area contributed by atoms with Gasteiger partial charge in [-0.25, -0.2) is 0 Å². The van der Waals surface area contributed by atoms with Crippen molar-refractivity contribution in [2.45, 2.75) is 46.1 Å². The zero-order valence-corrected chi connectivity index (χ0v) is 12.7. The van der Waals surface area contributed by atoms with E-state index >= 15 is 0 Å². The van der Waals surface area contributed by atoms with Crippen LogP contribution in [0.1, 0.15) is 40.0 Å². The van der Waals surface area contributed by atoms with Crippen LogP contribution in [0.4, 0.5) is 5.69 Å². The third-order valence-corrected chi connectivity index (χ3v) is 4.44. The fourth-order valence-electron chi connectivity index (χ4n) is 3.56. The van der Waals surface area contributed by atoms with Gasteiger partial charge in [0.25, 0.3) is 0 Å². The Bertz CT molecular complexity index is 455. The van der Waals surface area contributed by atoms with E-state index in [1.54, 1.807) is 0 Å². The second kappa shape index (κ2) is 5.86. The monoisotopic (exact) mass is 275 g/mol. The summed E-state index contributed by atoms with van der Waals surface area (Å²) in [6, 6.07) is 10.3. The molecule has 1 fully saturated rings. The molecular weight excluding hydrogens is 250 g/mol. The van der Waals surface area contributed by atoms with Crippen LogP contribution in [0.15, 0.2) is 30.3 Å². The first kappa shape index (κ1) is 14.9. The van der Waals surface area contributed by atoms with Gasteiger partial charge in [-0.05, 0) is 42.7 Å². The van der Waals surface area contributed by atoms with Crippen molar-refractivity contribution < 1.29 is 9.90 Å². The smallest absolute Gasteiger partial charge is 0.323 e. The van der Waals surface area contributed by atoms with Crippen molar-refractivity contribution in [3.05, 3.63) is 30.3 Å². The van der Waals surface area contributed by atoms with E-state index in [-0.39, 0.29) is 6.54 Å². The summed E-state index contributed by atoms with van der Waals surface area (Å²) in [5.41, 5.74) is 1.40.